The van der Waals surface area contributed by atoms with E-state index in [0.717, 1.165) is 18.6 Å². The highest BCUT2D eigenvalue weighted by Gasteiger charge is 2.31. The minimum Gasteiger partial charge on any atom is -0.478 e. The quantitative estimate of drug-likeness (QED) is 0.682. The number of carboxylic acids is 1. The van der Waals surface area contributed by atoms with Gasteiger partial charge in [-0.1, -0.05) is 13.8 Å². The monoisotopic (exact) mass is 296 g/mol. The molecule has 0 amide bonds. The number of hydrogen-bond donors (Lipinski definition) is 1. The van der Waals surface area contributed by atoms with Crippen LogP contribution >= 0.6 is 0 Å². The van der Waals surface area contributed by atoms with Crippen LogP contribution in [-0.4, -0.2) is 29.1 Å². The minimum atomic E-state index is -1.51. The highest BCUT2D eigenvalue weighted by Crippen LogP contribution is 2.35. The molecule has 1 aromatic carbocycles. The van der Waals surface area contributed by atoms with E-state index in [4.69, 9.17) is 5.11 Å². The fourth-order valence-corrected chi connectivity index (χ4v) is 2.67. The van der Waals surface area contributed by atoms with E-state index in [1.807, 2.05) is 0 Å². The van der Waals surface area contributed by atoms with E-state index in [2.05, 4.69) is 13.8 Å². The summed E-state index contributed by atoms with van der Waals surface area (Å²) >= 11 is 0. The van der Waals surface area contributed by atoms with Crippen molar-refractivity contribution in [1.82, 2.24) is 0 Å². The smallest absolute Gasteiger partial charge is 0.338 e. The van der Waals surface area contributed by atoms with Crippen molar-refractivity contribution < 1.29 is 19.2 Å². The van der Waals surface area contributed by atoms with Gasteiger partial charge in [0, 0.05) is 25.2 Å². The normalized spacial score (nSPS) is 18.3. The Bertz CT molecular complexity index is 589. The van der Waals surface area contributed by atoms with Crippen molar-refractivity contribution >= 4 is 17.3 Å². The summed E-state index contributed by atoms with van der Waals surface area (Å²) in [6.45, 7) is 5.38. The second-order valence-corrected chi connectivity index (χ2v) is 5.62. The summed E-state index contributed by atoms with van der Waals surface area (Å²) in [5.74, 6) is -1.62. The van der Waals surface area contributed by atoms with Gasteiger partial charge in [-0.2, -0.15) is 0 Å². The van der Waals surface area contributed by atoms with Crippen LogP contribution in [0.3, 0.4) is 0 Å². The number of carboxylic acid groups (broad SMARTS) is 1. The lowest BCUT2D eigenvalue weighted by atomic mass is 9.95. The predicted octanol–water partition coefficient (Wildman–Crippen LogP) is 2.91. The Morgan fingerprint density at radius 1 is 1.52 bits per heavy atom. The summed E-state index contributed by atoms with van der Waals surface area (Å²) in [6, 6.07) is 1.76. The van der Waals surface area contributed by atoms with Crippen LogP contribution in [0.1, 0.15) is 30.6 Å². The summed E-state index contributed by atoms with van der Waals surface area (Å²) in [5.41, 5.74) is -0.881. The van der Waals surface area contributed by atoms with Gasteiger partial charge >= 0.3 is 5.97 Å². The van der Waals surface area contributed by atoms with Crippen molar-refractivity contribution in [2.75, 3.05) is 18.0 Å². The van der Waals surface area contributed by atoms with Gasteiger partial charge in [-0.3, -0.25) is 10.1 Å². The number of hydrogen-bond acceptors (Lipinski definition) is 4. The van der Waals surface area contributed by atoms with E-state index in [0.29, 0.717) is 24.9 Å². The first-order valence-corrected chi connectivity index (χ1v) is 6.77. The molecular formula is C14H17FN2O4. The van der Waals surface area contributed by atoms with Crippen LogP contribution in [-0.2, 0) is 0 Å². The number of anilines is 1. The average Bonchev–Trinajstić information content (AvgIpc) is 2.87. The molecule has 114 valence electrons. The van der Waals surface area contributed by atoms with Gasteiger partial charge in [-0.05, 0) is 18.3 Å². The van der Waals surface area contributed by atoms with Crippen molar-refractivity contribution in [3.8, 4) is 0 Å². The zero-order valence-electron chi connectivity index (χ0n) is 11.9. The van der Waals surface area contributed by atoms with Gasteiger partial charge in [0.15, 0.2) is 0 Å². The second kappa shape index (κ2) is 5.67. The van der Waals surface area contributed by atoms with Crippen molar-refractivity contribution in [3.63, 3.8) is 0 Å². The average molecular weight is 296 g/mol. The van der Waals surface area contributed by atoms with Crippen LogP contribution in [0, 0.1) is 27.8 Å². The molecular weight excluding hydrogens is 279 g/mol. The molecule has 7 heteroatoms. The summed E-state index contributed by atoms with van der Waals surface area (Å²) in [7, 11) is 0. The van der Waals surface area contributed by atoms with Gasteiger partial charge in [0.25, 0.3) is 5.69 Å². The molecule has 0 spiro atoms. The first-order valence-electron chi connectivity index (χ1n) is 6.77. The molecule has 1 fully saturated rings. The third-order valence-electron chi connectivity index (χ3n) is 4.00. The van der Waals surface area contributed by atoms with Crippen molar-refractivity contribution in [2.24, 2.45) is 11.8 Å². The molecule has 0 bridgehead atoms. The van der Waals surface area contributed by atoms with Crippen molar-refractivity contribution in [1.29, 1.82) is 0 Å². The lowest BCUT2D eigenvalue weighted by molar-refractivity contribution is -0.384. The summed E-state index contributed by atoms with van der Waals surface area (Å²) in [4.78, 5) is 23.1. The maximum atomic E-state index is 13.8. The third kappa shape index (κ3) is 2.96. The molecule has 1 aliphatic heterocycles. The number of nitro groups is 1. The molecule has 1 N–H and O–H groups in total. The molecule has 1 unspecified atom stereocenters. The first kappa shape index (κ1) is 15.2. The van der Waals surface area contributed by atoms with Crippen LogP contribution in [0.4, 0.5) is 15.8 Å². The maximum Gasteiger partial charge on any atom is 0.338 e. The Balaban J connectivity index is 2.42. The molecule has 1 heterocycles. The summed E-state index contributed by atoms with van der Waals surface area (Å²) in [5, 5.41) is 20.0. The SMILES string of the molecule is CC(C)C1CCN(c2cc(F)c(C(=O)O)cc2[N+](=O)[O-])C1. The first-order chi connectivity index (χ1) is 9.81. The van der Waals surface area contributed by atoms with Crippen molar-refractivity contribution in [2.45, 2.75) is 20.3 Å². The number of carbonyl (C=O) groups is 1. The predicted molar refractivity (Wildman–Crippen MR) is 75.2 cm³/mol. The number of halogens is 1. The fraction of sp³-hybridized carbons (Fsp3) is 0.500. The summed E-state index contributed by atoms with van der Waals surface area (Å²) in [6.07, 6.45) is 0.886. The van der Waals surface area contributed by atoms with E-state index in [1.165, 1.54) is 0 Å². The lowest BCUT2D eigenvalue weighted by Crippen LogP contribution is -2.22. The van der Waals surface area contributed by atoms with Gasteiger partial charge in [-0.15, -0.1) is 0 Å². The number of nitrogens with zero attached hydrogens (tertiary/aromatic N) is 2. The summed E-state index contributed by atoms with van der Waals surface area (Å²) < 4.78 is 13.8. The van der Waals surface area contributed by atoms with Gasteiger partial charge in [-0.25, -0.2) is 9.18 Å². The van der Waals surface area contributed by atoms with Crippen molar-refractivity contribution in [3.05, 3.63) is 33.6 Å². The zero-order chi connectivity index (χ0) is 15.7. The molecule has 1 atom stereocenters. The molecule has 0 radical (unpaired) electrons. The fourth-order valence-electron chi connectivity index (χ4n) is 2.67. The van der Waals surface area contributed by atoms with Crippen LogP contribution in [0.25, 0.3) is 0 Å². The molecule has 2 rings (SSSR count). The molecule has 0 aliphatic carbocycles. The van der Waals surface area contributed by atoms with E-state index >= 15 is 0 Å². The van der Waals surface area contributed by atoms with Gasteiger partial charge < -0.3 is 10.0 Å². The Morgan fingerprint density at radius 2 is 2.19 bits per heavy atom. The largest absolute Gasteiger partial charge is 0.478 e. The highest BCUT2D eigenvalue weighted by molar-refractivity contribution is 5.90. The Hall–Kier alpha value is -2.18. The number of nitro benzene ring substituents is 1. The maximum absolute atomic E-state index is 13.8. The van der Waals surface area contributed by atoms with E-state index in [1.54, 1.807) is 4.90 Å². The van der Waals surface area contributed by atoms with Crippen LogP contribution < -0.4 is 4.90 Å². The lowest BCUT2D eigenvalue weighted by Gasteiger charge is -2.20. The third-order valence-corrected chi connectivity index (χ3v) is 4.00. The number of benzene rings is 1. The zero-order valence-corrected chi connectivity index (χ0v) is 11.9. The van der Waals surface area contributed by atoms with E-state index < -0.39 is 22.3 Å². The molecule has 6 nitrogen and oxygen atoms in total. The van der Waals surface area contributed by atoms with E-state index in [9.17, 15) is 19.3 Å². The van der Waals surface area contributed by atoms with E-state index in [-0.39, 0.29) is 11.4 Å². The second-order valence-electron chi connectivity index (χ2n) is 5.62. The Labute approximate surface area is 121 Å². The highest BCUT2D eigenvalue weighted by atomic mass is 19.1. The molecule has 0 saturated carbocycles. The Kier molecular flexibility index (Phi) is 4.11. The number of aromatic carboxylic acids is 1. The van der Waals surface area contributed by atoms with Gasteiger partial charge in [0.1, 0.15) is 17.1 Å². The topological polar surface area (TPSA) is 83.7 Å². The molecule has 1 aliphatic rings. The molecule has 21 heavy (non-hydrogen) atoms. The van der Waals surface area contributed by atoms with Crippen LogP contribution in [0.5, 0.6) is 0 Å². The minimum absolute atomic E-state index is 0.158. The van der Waals surface area contributed by atoms with Gasteiger partial charge in [0.2, 0.25) is 0 Å². The molecule has 1 aromatic rings. The Morgan fingerprint density at radius 3 is 2.67 bits per heavy atom. The molecule has 1 saturated heterocycles. The standard InChI is InChI=1S/C14H17FN2O4/c1-8(2)9-3-4-16(7-9)12-6-11(15)10(14(18)19)5-13(12)17(20)21/h5-6,8-9H,3-4,7H2,1-2H3,(H,18,19). The van der Waals surface area contributed by atoms with Crippen LogP contribution in [0.2, 0.25) is 0 Å². The number of rotatable bonds is 4. The van der Waals surface area contributed by atoms with Crippen LogP contribution in [0.15, 0.2) is 12.1 Å². The molecule has 0 aromatic heterocycles. The van der Waals surface area contributed by atoms with Gasteiger partial charge in [0.05, 0.1) is 4.92 Å².